The van der Waals surface area contributed by atoms with E-state index in [1.54, 1.807) is 18.3 Å². The van der Waals surface area contributed by atoms with Crippen molar-refractivity contribution in [2.24, 2.45) is 0 Å². The van der Waals surface area contributed by atoms with E-state index in [1.165, 1.54) is 16.8 Å². The summed E-state index contributed by atoms with van der Waals surface area (Å²) in [6.45, 7) is 0. The van der Waals surface area contributed by atoms with Crippen LogP contribution < -0.4 is 0 Å². The minimum absolute atomic E-state index is 0.169. The fourth-order valence-corrected chi connectivity index (χ4v) is 1.68. The molecule has 0 N–H and O–H groups in total. The molecule has 0 saturated heterocycles. The molecule has 2 aromatic rings. The zero-order valence-electron chi connectivity index (χ0n) is 7.07. The fourth-order valence-electron chi connectivity index (χ4n) is 1.68. The van der Waals surface area contributed by atoms with Gasteiger partial charge in [-0.1, -0.05) is 0 Å². The molecule has 68 valence electrons. The molecule has 1 aromatic carbocycles. The van der Waals surface area contributed by atoms with Crippen molar-refractivity contribution in [1.29, 1.82) is 0 Å². The van der Waals surface area contributed by atoms with Crippen molar-refractivity contribution < 1.29 is 9.18 Å². The number of nitrogens with zero attached hydrogens (tertiary/aromatic N) is 2. The predicted octanol–water partition coefficient (Wildman–Crippen LogP) is 1.56. The Labute approximate surface area is 78.8 Å². The number of hydrogen-bond acceptors (Lipinski definition) is 2. The number of carbonyl (C=O) groups excluding carboxylic acids is 1. The summed E-state index contributed by atoms with van der Waals surface area (Å²) in [4.78, 5) is 11.7. The molecule has 0 saturated carbocycles. The topological polar surface area (TPSA) is 34.9 Å². The van der Waals surface area contributed by atoms with Crippen LogP contribution in [-0.4, -0.2) is 15.6 Å². The van der Waals surface area contributed by atoms with Crippen LogP contribution in [0, 0.1) is 5.82 Å². The third-order valence-electron chi connectivity index (χ3n) is 2.31. The summed E-state index contributed by atoms with van der Waals surface area (Å²) < 4.78 is 14.4. The van der Waals surface area contributed by atoms with E-state index in [2.05, 4.69) is 5.10 Å². The number of benzene rings is 1. The molecule has 0 aliphatic carbocycles. The van der Waals surface area contributed by atoms with E-state index in [1.807, 2.05) is 0 Å². The van der Waals surface area contributed by atoms with Crippen molar-refractivity contribution in [2.45, 2.75) is 0 Å². The number of carbonyl (C=O) groups is 1. The van der Waals surface area contributed by atoms with Gasteiger partial charge in [0.05, 0.1) is 17.4 Å². The summed E-state index contributed by atoms with van der Waals surface area (Å²) in [6, 6.07) is 5.75. The number of fused-ring (bicyclic) bond motifs is 3. The summed E-state index contributed by atoms with van der Waals surface area (Å²) in [7, 11) is 0. The lowest BCUT2D eigenvalue weighted by atomic mass is 10.1. The van der Waals surface area contributed by atoms with Crippen LogP contribution in [0.2, 0.25) is 0 Å². The van der Waals surface area contributed by atoms with E-state index >= 15 is 0 Å². The fraction of sp³-hybridized carbons (Fsp3) is 0. The first-order valence-corrected chi connectivity index (χ1v) is 4.16. The molecule has 0 radical (unpaired) electrons. The smallest absolute Gasteiger partial charge is 0.213 e. The van der Waals surface area contributed by atoms with E-state index in [9.17, 15) is 9.18 Å². The Morgan fingerprint density at radius 1 is 1.29 bits per heavy atom. The molecule has 14 heavy (non-hydrogen) atoms. The van der Waals surface area contributed by atoms with Gasteiger partial charge in [-0.15, -0.1) is 0 Å². The van der Waals surface area contributed by atoms with Crippen molar-refractivity contribution in [2.75, 3.05) is 0 Å². The lowest BCUT2D eigenvalue weighted by Gasteiger charge is -1.97. The molecule has 1 aliphatic heterocycles. The molecule has 0 amide bonds. The van der Waals surface area contributed by atoms with Gasteiger partial charge in [0.15, 0.2) is 0 Å². The van der Waals surface area contributed by atoms with Crippen LogP contribution in [0.1, 0.15) is 16.1 Å². The standard InChI is InChI=1S/C10H5FN2O/c11-6-1-2-8-7(5-6)10(14)9-3-4-12-13(8)9/h1-5H. The Morgan fingerprint density at radius 3 is 3.00 bits per heavy atom. The first-order valence-electron chi connectivity index (χ1n) is 4.16. The Bertz CT molecular complexity index is 545. The third kappa shape index (κ3) is 0.750. The zero-order chi connectivity index (χ0) is 9.71. The molecule has 1 aromatic heterocycles. The van der Waals surface area contributed by atoms with Gasteiger partial charge in [0.1, 0.15) is 11.5 Å². The number of halogens is 1. The monoisotopic (exact) mass is 188 g/mol. The Kier molecular flexibility index (Phi) is 1.21. The van der Waals surface area contributed by atoms with Crippen molar-refractivity contribution in [3.05, 3.63) is 47.5 Å². The number of ketones is 1. The number of hydrogen-bond donors (Lipinski definition) is 0. The van der Waals surface area contributed by atoms with Crippen molar-refractivity contribution in [1.82, 2.24) is 9.78 Å². The lowest BCUT2D eigenvalue weighted by molar-refractivity contribution is 0.103. The zero-order valence-corrected chi connectivity index (χ0v) is 7.07. The molecular formula is C10H5FN2O. The molecular weight excluding hydrogens is 183 g/mol. The van der Waals surface area contributed by atoms with Gasteiger partial charge in [0, 0.05) is 0 Å². The Hall–Kier alpha value is -1.97. The highest BCUT2D eigenvalue weighted by molar-refractivity contribution is 6.13. The SMILES string of the molecule is O=C1c2cc(F)ccc2-n2nccc21. The molecule has 2 heterocycles. The third-order valence-corrected chi connectivity index (χ3v) is 2.31. The predicted molar refractivity (Wildman–Crippen MR) is 47.0 cm³/mol. The maximum atomic E-state index is 12.9. The summed E-state index contributed by atoms with van der Waals surface area (Å²) in [5.74, 6) is -0.570. The van der Waals surface area contributed by atoms with Gasteiger partial charge in [-0.05, 0) is 24.3 Å². The van der Waals surface area contributed by atoms with Crippen LogP contribution in [0.3, 0.4) is 0 Å². The van der Waals surface area contributed by atoms with Gasteiger partial charge in [-0.25, -0.2) is 9.07 Å². The molecule has 0 spiro atoms. The Balaban J connectivity index is 2.38. The molecule has 0 fully saturated rings. The summed E-state index contributed by atoms with van der Waals surface area (Å²) in [6.07, 6.45) is 1.56. The largest absolute Gasteiger partial charge is 0.287 e. The van der Waals surface area contributed by atoms with Gasteiger partial charge in [-0.2, -0.15) is 5.10 Å². The van der Waals surface area contributed by atoms with Gasteiger partial charge < -0.3 is 0 Å². The molecule has 3 nitrogen and oxygen atoms in total. The number of rotatable bonds is 0. The van der Waals surface area contributed by atoms with Crippen molar-refractivity contribution in [3.63, 3.8) is 0 Å². The maximum Gasteiger partial charge on any atom is 0.213 e. The highest BCUT2D eigenvalue weighted by atomic mass is 19.1. The lowest BCUT2D eigenvalue weighted by Crippen LogP contribution is -1.95. The minimum atomic E-state index is -0.400. The second-order valence-corrected chi connectivity index (χ2v) is 3.12. The normalized spacial score (nSPS) is 12.8. The molecule has 1 aliphatic rings. The average Bonchev–Trinajstić information content (AvgIpc) is 2.72. The van der Waals surface area contributed by atoms with E-state index < -0.39 is 5.82 Å². The first kappa shape index (κ1) is 7.44. The summed E-state index contributed by atoms with van der Waals surface area (Å²) in [5, 5.41) is 3.99. The molecule has 0 unspecified atom stereocenters. The van der Waals surface area contributed by atoms with Crippen LogP contribution >= 0.6 is 0 Å². The van der Waals surface area contributed by atoms with Gasteiger partial charge in [0.25, 0.3) is 0 Å². The van der Waals surface area contributed by atoms with E-state index in [4.69, 9.17) is 0 Å². The average molecular weight is 188 g/mol. The van der Waals surface area contributed by atoms with E-state index in [0.717, 1.165) is 0 Å². The summed E-state index contributed by atoms with van der Waals surface area (Å²) in [5.41, 5.74) is 1.52. The highest BCUT2D eigenvalue weighted by Gasteiger charge is 2.27. The maximum absolute atomic E-state index is 12.9. The molecule has 0 bridgehead atoms. The van der Waals surface area contributed by atoms with Crippen molar-refractivity contribution in [3.8, 4) is 5.69 Å². The van der Waals surface area contributed by atoms with Crippen LogP contribution in [0.25, 0.3) is 5.69 Å². The van der Waals surface area contributed by atoms with E-state index in [-0.39, 0.29) is 5.78 Å². The molecule has 3 rings (SSSR count). The van der Waals surface area contributed by atoms with Gasteiger partial charge >= 0.3 is 0 Å². The first-order chi connectivity index (χ1) is 6.77. The van der Waals surface area contributed by atoms with E-state index in [0.29, 0.717) is 16.9 Å². The molecule has 0 atom stereocenters. The van der Waals surface area contributed by atoms with Crippen LogP contribution in [0.15, 0.2) is 30.5 Å². The molecule has 4 heteroatoms. The second-order valence-electron chi connectivity index (χ2n) is 3.12. The van der Waals surface area contributed by atoms with Crippen LogP contribution in [-0.2, 0) is 0 Å². The highest BCUT2D eigenvalue weighted by Crippen LogP contribution is 2.26. The van der Waals surface area contributed by atoms with Crippen molar-refractivity contribution >= 4 is 5.78 Å². The van der Waals surface area contributed by atoms with Crippen LogP contribution in [0.4, 0.5) is 4.39 Å². The van der Waals surface area contributed by atoms with Gasteiger partial charge in [0.2, 0.25) is 5.78 Å². The summed E-state index contributed by atoms with van der Waals surface area (Å²) >= 11 is 0. The van der Waals surface area contributed by atoms with Gasteiger partial charge in [-0.3, -0.25) is 4.79 Å². The second kappa shape index (κ2) is 2.29. The number of aromatic nitrogens is 2. The van der Waals surface area contributed by atoms with Crippen LogP contribution in [0.5, 0.6) is 0 Å². The minimum Gasteiger partial charge on any atom is -0.287 e. The Morgan fingerprint density at radius 2 is 2.14 bits per heavy atom. The quantitative estimate of drug-likeness (QED) is 0.536.